The summed E-state index contributed by atoms with van der Waals surface area (Å²) in [6.07, 6.45) is 6.82. The summed E-state index contributed by atoms with van der Waals surface area (Å²) in [4.78, 5) is 11.6. The molecule has 0 saturated heterocycles. The lowest BCUT2D eigenvalue weighted by molar-refractivity contribution is -0.147. The minimum Gasteiger partial charge on any atom is -0.459 e. The average molecular weight is 228 g/mol. The number of ether oxygens (including phenoxy) is 1. The van der Waals surface area contributed by atoms with Crippen LogP contribution < -0.4 is 0 Å². The maximum Gasteiger partial charge on any atom is 0.337 e. The molecule has 1 aliphatic rings. The summed E-state index contributed by atoms with van der Waals surface area (Å²) in [5, 5.41) is 0. The quantitative estimate of drug-likeness (QED) is 0.449. The van der Waals surface area contributed by atoms with Crippen LogP contribution in [0.25, 0.3) is 6.08 Å². The van der Waals surface area contributed by atoms with Crippen LogP contribution in [0.1, 0.15) is 24.8 Å². The van der Waals surface area contributed by atoms with Crippen molar-refractivity contribution in [1.29, 1.82) is 0 Å². The van der Waals surface area contributed by atoms with Gasteiger partial charge in [-0.3, -0.25) is 0 Å². The normalized spacial score (nSPS) is 15.5. The van der Waals surface area contributed by atoms with E-state index in [-0.39, 0.29) is 12.1 Å². The van der Waals surface area contributed by atoms with Crippen LogP contribution in [0.3, 0.4) is 0 Å². The average Bonchev–Trinajstić information content (AvgIpc) is 2.32. The van der Waals surface area contributed by atoms with Gasteiger partial charge in [-0.05, 0) is 30.9 Å². The third kappa shape index (κ3) is 3.31. The van der Waals surface area contributed by atoms with Crippen LogP contribution in [0.4, 0.5) is 0 Å². The SMILES string of the molecule is C=C(C=Cc1ccccc1)C(=O)OC1CCC1. The van der Waals surface area contributed by atoms with E-state index < -0.39 is 0 Å². The third-order valence-electron chi connectivity index (χ3n) is 2.86. The van der Waals surface area contributed by atoms with Crippen LogP contribution in [0, 0.1) is 0 Å². The zero-order valence-corrected chi connectivity index (χ0v) is 9.76. The molecule has 1 aromatic rings. The van der Waals surface area contributed by atoms with Gasteiger partial charge in [0.15, 0.2) is 0 Å². The molecular formula is C15H16O2. The Morgan fingerprint density at radius 3 is 2.59 bits per heavy atom. The number of rotatable bonds is 4. The highest BCUT2D eigenvalue weighted by molar-refractivity contribution is 5.92. The van der Waals surface area contributed by atoms with Crippen LogP contribution in [0.2, 0.25) is 0 Å². The number of hydrogen-bond acceptors (Lipinski definition) is 2. The highest BCUT2D eigenvalue weighted by atomic mass is 16.5. The highest BCUT2D eigenvalue weighted by Gasteiger charge is 2.21. The Balaban J connectivity index is 1.87. The molecule has 0 amide bonds. The zero-order valence-electron chi connectivity index (χ0n) is 9.76. The van der Waals surface area contributed by atoms with Gasteiger partial charge in [-0.1, -0.05) is 43.0 Å². The molecule has 0 aliphatic heterocycles. The maximum atomic E-state index is 11.6. The number of hydrogen-bond donors (Lipinski definition) is 0. The molecule has 0 spiro atoms. The van der Waals surface area contributed by atoms with E-state index in [4.69, 9.17) is 4.74 Å². The topological polar surface area (TPSA) is 26.3 Å². The Bertz CT molecular complexity index is 427. The molecule has 0 unspecified atom stereocenters. The molecule has 2 heteroatoms. The van der Waals surface area contributed by atoms with Crippen LogP contribution in [0.5, 0.6) is 0 Å². The van der Waals surface area contributed by atoms with Crippen LogP contribution >= 0.6 is 0 Å². The molecule has 88 valence electrons. The molecule has 1 saturated carbocycles. The van der Waals surface area contributed by atoms with Gasteiger partial charge < -0.3 is 4.74 Å². The van der Waals surface area contributed by atoms with E-state index in [1.54, 1.807) is 6.08 Å². The van der Waals surface area contributed by atoms with Gasteiger partial charge in [0.25, 0.3) is 0 Å². The Labute approximate surface area is 102 Å². The molecule has 1 fully saturated rings. The summed E-state index contributed by atoms with van der Waals surface area (Å²) in [5.41, 5.74) is 1.45. The van der Waals surface area contributed by atoms with Gasteiger partial charge in [0.1, 0.15) is 6.10 Å². The molecule has 0 radical (unpaired) electrons. The lowest BCUT2D eigenvalue weighted by Gasteiger charge is -2.25. The first-order valence-corrected chi connectivity index (χ1v) is 5.89. The van der Waals surface area contributed by atoms with Gasteiger partial charge >= 0.3 is 5.97 Å². The first kappa shape index (κ1) is 11.6. The van der Waals surface area contributed by atoms with E-state index in [1.807, 2.05) is 36.4 Å². The minimum absolute atomic E-state index is 0.115. The fraction of sp³-hybridized carbons (Fsp3) is 0.267. The molecule has 2 nitrogen and oxygen atoms in total. The Morgan fingerprint density at radius 2 is 2.00 bits per heavy atom. The molecule has 0 atom stereocenters. The highest BCUT2D eigenvalue weighted by Crippen LogP contribution is 2.22. The van der Waals surface area contributed by atoms with Crippen molar-refractivity contribution in [3.8, 4) is 0 Å². The van der Waals surface area contributed by atoms with E-state index in [9.17, 15) is 4.79 Å². The molecule has 0 N–H and O–H groups in total. The van der Waals surface area contributed by atoms with Gasteiger partial charge in [-0.15, -0.1) is 0 Å². The van der Waals surface area contributed by atoms with Crippen LogP contribution in [0.15, 0.2) is 48.6 Å². The number of benzene rings is 1. The van der Waals surface area contributed by atoms with E-state index in [0.717, 1.165) is 24.8 Å². The summed E-state index contributed by atoms with van der Waals surface area (Å²) in [5.74, 6) is -0.304. The fourth-order valence-electron chi connectivity index (χ4n) is 1.54. The van der Waals surface area contributed by atoms with Crippen molar-refractivity contribution < 1.29 is 9.53 Å². The van der Waals surface area contributed by atoms with E-state index in [1.165, 1.54) is 0 Å². The van der Waals surface area contributed by atoms with Crippen molar-refractivity contribution in [3.63, 3.8) is 0 Å². The van der Waals surface area contributed by atoms with Gasteiger partial charge in [-0.25, -0.2) is 4.79 Å². The first-order chi connectivity index (χ1) is 8.25. The fourth-order valence-corrected chi connectivity index (χ4v) is 1.54. The van der Waals surface area contributed by atoms with Gasteiger partial charge in [0.2, 0.25) is 0 Å². The van der Waals surface area contributed by atoms with E-state index in [0.29, 0.717) is 5.57 Å². The van der Waals surface area contributed by atoms with Crippen molar-refractivity contribution in [2.24, 2.45) is 0 Å². The summed E-state index contributed by atoms with van der Waals surface area (Å²) >= 11 is 0. The maximum absolute atomic E-state index is 11.6. The molecular weight excluding hydrogens is 212 g/mol. The van der Waals surface area contributed by atoms with Crippen LogP contribution in [-0.2, 0) is 9.53 Å². The van der Waals surface area contributed by atoms with Crippen molar-refractivity contribution in [2.45, 2.75) is 25.4 Å². The Kier molecular flexibility index (Phi) is 3.76. The smallest absolute Gasteiger partial charge is 0.337 e. The third-order valence-corrected chi connectivity index (χ3v) is 2.86. The Morgan fingerprint density at radius 1 is 1.29 bits per heavy atom. The molecule has 1 aromatic carbocycles. The Hall–Kier alpha value is -1.83. The summed E-state index contributed by atoms with van der Waals surface area (Å²) in [6, 6.07) is 9.81. The minimum atomic E-state index is -0.304. The molecule has 0 heterocycles. The second-order valence-electron chi connectivity index (χ2n) is 4.23. The monoisotopic (exact) mass is 228 g/mol. The second-order valence-corrected chi connectivity index (χ2v) is 4.23. The molecule has 0 aromatic heterocycles. The summed E-state index contributed by atoms with van der Waals surface area (Å²) in [6.45, 7) is 3.72. The standard InChI is InChI=1S/C15H16O2/c1-12(15(16)17-14-8-5-9-14)10-11-13-6-3-2-4-7-13/h2-4,6-7,10-11,14H,1,5,8-9H2. The largest absolute Gasteiger partial charge is 0.459 e. The molecule has 2 rings (SSSR count). The number of carbonyl (C=O) groups excluding carboxylic acids is 1. The van der Waals surface area contributed by atoms with Crippen molar-refractivity contribution in [1.82, 2.24) is 0 Å². The predicted octanol–water partition coefficient (Wildman–Crippen LogP) is 3.35. The van der Waals surface area contributed by atoms with Crippen LogP contribution in [-0.4, -0.2) is 12.1 Å². The lowest BCUT2D eigenvalue weighted by atomic mass is 9.96. The molecule has 1 aliphatic carbocycles. The van der Waals surface area contributed by atoms with E-state index in [2.05, 4.69) is 6.58 Å². The number of esters is 1. The van der Waals surface area contributed by atoms with Gasteiger partial charge in [0.05, 0.1) is 5.57 Å². The van der Waals surface area contributed by atoms with Gasteiger partial charge in [0, 0.05) is 0 Å². The summed E-state index contributed by atoms with van der Waals surface area (Å²) < 4.78 is 5.25. The van der Waals surface area contributed by atoms with Crippen molar-refractivity contribution >= 4 is 12.0 Å². The summed E-state index contributed by atoms with van der Waals surface area (Å²) in [7, 11) is 0. The molecule has 17 heavy (non-hydrogen) atoms. The second kappa shape index (κ2) is 5.48. The van der Waals surface area contributed by atoms with Crippen molar-refractivity contribution in [2.75, 3.05) is 0 Å². The lowest BCUT2D eigenvalue weighted by Crippen LogP contribution is -2.25. The molecule has 0 bridgehead atoms. The zero-order chi connectivity index (χ0) is 12.1. The number of carbonyl (C=O) groups is 1. The van der Waals surface area contributed by atoms with E-state index >= 15 is 0 Å². The predicted molar refractivity (Wildman–Crippen MR) is 68.3 cm³/mol. The van der Waals surface area contributed by atoms with Crippen molar-refractivity contribution in [3.05, 3.63) is 54.1 Å². The first-order valence-electron chi connectivity index (χ1n) is 5.89. The van der Waals surface area contributed by atoms with Gasteiger partial charge in [-0.2, -0.15) is 0 Å².